The summed E-state index contributed by atoms with van der Waals surface area (Å²) in [6.07, 6.45) is 1.94. The molecule has 0 radical (unpaired) electrons. The van der Waals surface area contributed by atoms with Gasteiger partial charge in [-0.1, -0.05) is 0 Å². The summed E-state index contributed by atoms with van der Waals surface area (Å²) < 4.78 is 10.9. The van der Waals surface area contributed by atoms with Crippen molar-refractivity contribution in [3.05, 3.63) is 0 Å². The summed E-state index contributed by atoms with van der Waals surface area (Å²) in [6, 6.07) is 0.0699. The van der Waals surface area contributed by atoms with E-state index in [9.17, 15) is 4.79 Å². The van der Waals surface area contributed by atoms with Gasteiger partial charge in [0.05, 0.1) is 18.8 Å². The number of nitrogens with one attached hydrogen (secondary N) is 2. The van der Waals surface area contributed by atoms with E-state index in [1.165, 1.54) is 0 Å². The highest BCUT2D eigenvalue weighted by Crippen LogP contribution is 2.15. The van der Waals surface area contributed by atoms with Gasteiger partial charge in [0, 0.05) is 19.7 Å². The average Bonchev–Trinajstić information content (AvgIpc) is 2.83. The van der Waals surface area contributed by atoms with Crippen molar-refractivity contribution in [3.8, 4) is 0 Å². The second-order valence-electron chi connectivity index (χ2n) is 4.41. The molecule has 2 fully saturated rings. The van der Waals surface area contributed by atoms with Crippen LogP contribution in [0.4, 0.5) is 0 Å². The molecule has 2 heterocycles. The van der Waals surface area contributed by atoms with Gasteiger partial charge >= 0.3 is 0 Å². The topological polar surface area (TPSA) is 59.6 Å². The predicted molar refractivity (Wildman–Crippen MR) is 66.4 cm³/mol. The number of morpholine rings is 1. The molecular weight excluding hydrogens is 244 g/mol. The van der Waals surface area contributed by atoms with Crippen LogP contribution in [0.2, 0.25) is 0 Å². The fourth-order valence-electron chi connectivity index (χ4n) is 2.14. The Bertz CT molecular complexity index is 241. The third-order valence-corrected chi connectivity index (χ3v) is 3.11. The van der Waals surface area contributed by atoms with Gasteiger partial charge in [-0.25, -0.2) is 0 Å². The van der Waals surface area contributed by atoms with Crippen LogP contribution in [0.15, 0.2) is 0 Å². The minimum absolute atomic E-state index is 0. The Hall–Kier alpha value is -0.360. The summed E-state index contributed by atoms with van der Waals surface area (Å²) in [7, 11) is 0. The van der Waals surface area contributed by atoms with Gasteiger partial charge in [0.25, 0.3) is 5.91 Å². The number of carbonyl (C=O) groups is 1. The van der Waals surface area contributed by atoms with Crippen LogP contribution in [0.3, 0.4) is 0 Å². The smallest absolute Gasteiger partial charge is 0.250 e. The maximum atomic E-state index is 11.8. The second kappa shape index (κ2) is 7.16. The molecule has 0 aromatic rings. The number of hydrogen-bond donors (Lipinski definition) is 2. The first-order valence-electron chi connectivity index (χ1n) is 6.01. The molecule has 0 spiro atoms. The molecule has 2 saturated heterocycles. The molecule has 0 aliphatic carbocycles. The average molecular weight is 265 g/mol. The summed E-state index contributed by atoms with van der Waals surface area (Å²) in [5.41, 5.74) is 0. The highest BCUT2D eigenvalue weighted by Gasteiger charge is 2.27. The zero-order valence-corrected chi connectivity index (χ0v) is 10.9. The van der Waals surface area contributed by atoms with E-state index in [2.05, 4.69) is 10.6 Å². The molecule has 2 rings (SSSR count). The van der Waals surface area contributed by atoms with Crippen LogP contribution in [-0.2, 0) is 14.3 Å². The summed E-state index contributed by atoms with van der Waals surface area (Å²) in [4.78, 5) is 11.8. The monoisotopic (exact) mass is 264 g/mol. The molecule has 0 bridgehead atoms. The first-order chi connectivity index (χ1) is 7.77. The van der Waals surface area contributed by atoms with Crippen LogP contribution in [0.25, 0.3) is 0 Å². The Morgan fingerprint density at radius 2 is 2.24 bits per heavy atom. The van der Waals surface area contributed by atoms with Gasteiger partial charge in [-0.05, 0) is 19.8 Å². The Morgan fingerprint density at radius 1 is 1.41 bits per heavy atom. The molecule has 100 valence electrons. The molecule has 17 heavy (non-hydrogen) atoms. The quantitative estimate of drug-likeness (QED) is 0.758. The molecule has 5 nitrogen and oxygen atoms in total. The minimum atomic E-state index is -0.349. The number of carbonyl (C=O) groups excluding carboxylic acids is 1. The van der Waals surface area contributed by atoms with Crippen molar-refractivity contribution < 1.29 is 14.3 Å². The minimum Gasteiger partial charge on any atom is -0.376 e. The van der Waals surface area contributed by atoms with Crippen molar-refractivity contribution in [2.24, 2.45) is 0 Å². The van der Waals surface area contributed by atoms with E-state index >= 15 is 0 Å². The summed E-state index contributed by atoms with van der Waals surface area (Å²) in [5.74, 6) is -0.0322. The maximum Gasteiger partial charge on any atom is 0.250 e. The lowest BCUT2D eigenvalue weighted by molar-refractivity contribution is -0.135. The molecular formula is C11H21ClN2O3. The third-order valence-electron chi connectivity index (χ3n) is 3.11. The highest BCUT2D eigenvalue weighted by atomic mass is 35.5. The van der Waals surface area contributed by atoms with E-state index in [4.69, 9.17) is 9.47 Å². The lowest BCUT2D eigenvalue weighted by Gasteiger charge is -2.26. The van der Waals surface area contributed by atoms with E-state index in [-0.39, 0.29) is 36.6 Å². The van der Waals surface area contributed by atoms with Crippen molar-refractivity contribution in [2.45, 2.75) is 38.0 Å². The van der Waals surface area contributed by atoms with Gasteiger partial charge in [0.2, 0.25) is 0 Å². The zero-order valence-electron chi connectivity index (χ0n) is 10.1. The first-order valence-corrected chi connectivity index (χ1v) is 6.01. The van der Waals surface area contributed by atoms with Crippen LogP contribution in [0, 0.1) is 0 Å². The van der Waals surface area contributed by atoms with Crippen LogP contribution in [-0.4, -0.2) is 50.5 Å². The van der Waals surface area contributed by atoms with Gasteiger partial charge in [-0.15, -0.1) is 12.4 Å². The summed E-state index contributed by atoms with van der Waals surface area (Å²) >= 11 is 0. The molecule has 2 aliphatic heterocycles. The lowest BCUT2D eigenvalue weighted by atomic mass is 10.1. The van der Waals surface area contributed by atoms with Gasteiger partial charge < -0.3 is 20.1 Å². The Kier molecular flexibility index (Phi) is 6.19. The molecule has 6 heteroatoms. The first kappa shape index (κ1) is 14.7. The van der Waals surface area contributed by atoms with Gasteiger partial charge in [0.1, 0.15) is 6.10 Å². The Balaban J connectivity index is 0.00000144. The molecule has 0 aromatic heterocycles. The van der Waals surface area contributed by atoms with Gasteiger partial charge in [0.15, 0.2) is 0 Å². The largest absolute Gasteiger partial charge is 0.376 e. The predicted octanol–water partition coefficient (Wildman–Crippen LogP) is 0.0803. The number of halogens is 1. The van der Waals surface area contributed by atoms with Crippen LogP contribution < -0.4 is 10.6 Å². The second-order valence-corrected chi connectivity index (χ2v) is 4.41. The van der Waals surface area contributed by atoms with Gasteiger partial charge in [-0.2, -0.15) is 0 Å². The molecule has 3 atom stereocenters. The molecule has 2 N–H and O–H groups in total. The maximum absolute atomic E-state index is 11.8. The van der Waals surface area contributed by atoms with Crippen molar-refractivity contribution in [3.63, 3.8) is 0 Å². The van der Waals surface area contributed by atoms with E-state index < -0.39 is 0 Å². The molecule has 0 saturated carbocycles. The van der Waals surface area contributed by atoms with Gasteiger partial charge in [-0.3, -0.25) is 4.79 Å². The van der Waals surface area contributed by atoms with Crippen molar-refractivity contribution in [1.82, 2.24) is 10.6 Å². The fourth-order valence-corrected chi connectivity index (χ4v) is 2.14. The van der Waals surface area contributed by atoms with E-state index in [0.717, 1.165) is 26.0 Å². The van der Waals surface area contributed by atoms with E-state index in [1.54, 1.807) is 0 Å². The Labute approximate surface area is 108 Å². The summed E-state index contributed by atoms with van der Waals surface area (Å²) in [6.45, 7) is 4.83. The number of ether oxygens (including phenoxy) is 2. The molecule has 0 aromatic carbocycles. The number of hydrogen-bond acceptors (Lipinski definition) is 4. The van der Waals surface area contributed by atoms with E-state index in [1.807, 2.05) is 6.92 Å². The van der Waals surface area contributed by atoms with Crippen LogP contribution in [0.1, 0.15) is 19.8 Å². The summed E-state index contributed by atoms with van der Waals surface area (Å²) in [5, 5.41) is 6.10. The standard InChI is InChI=1S/C11H20N2O3.ClH/c1-8(9-3-2-5-15-9)13-11(14)10-7-12-4-6-16-10;/h8-10,12H,2-7H2,1H3,(H,13,14);1H. The lowest BCUT2D eigenvalue weighted by Crippen LogP contribution is -2.51. The zero-order chi connectivity index (χ0) is 11.4. The van der Waals surface area contributed by atoms with Crippen molar-refractivity contribution in [2.75, 3.05) is 26.3 Å². The molecule has 3 unspecified atom stereocenters. The van der Waals surface area contributed by atoms with Crippen LogP contribution in [0.5, 0.6) is 0 Å². The normalized spacial score (nSPS) is 30.4. The van der Waals surface area contributed by atoms with E-state index in [0.29, 0.717) is 13.2 Å². The molecule has 1 amide bonds. The SMILES string of the molecule is CC(NC(=O)C1CNCCO1)C1CCCO1.Cl. The van der Waals surface area contributed by atoms with Crippen molar-refractivity contribution >= 4 is 18.3 Å². The Morgan fingerprint density at radius 3 is 2.82 bits per heavy atom. The number of amides is 1. The third kappa shape index (κ3) is 4.10. The highest BCUT2D eigenvalue weighted by molar-refractivity contribution is 5.85. The number of rotatable bonds is 3. The van der Waals surface area contributed by atoms with Crippen molar-refractivity contribution in [1.29, 1.82) is 0 Å². The molecule has 2 aliphatic rings. The van der Waals surface area contributed by atoms with Crippen LogP contribution >= 0.6 is 12.4 Å². The fraction of sp³-hybridized carbons (Fsp3) is 0.909.